The van der Waals surface area contributed by atoms with E-state index < -0.39 is 0 Å². The van der Waals surface area contributed by atoms with E-state index in [1.54, 1.807) is 0 Å². The molecule has 1 aliphatic rings. The van der Waals surface area contributed by atoms with Gasteiger partial charge in [-0.05, 0) is 44.1 Å². The molecule has 0 aliphatic heterocycles. The molecule has 1 aromatic rings. The largest absolute Gasteiger partial charge is 0.338 e. The van der Waals surface area contributed by atoms with Crippen LogP contribution in [0.15, 0.2) is 4.52 Å². The fraction of sp³-hybridized carbons (Fsp3) is 0.857. The second-order valence-electron chi connectivity index (χ2n) is 6.49. The van der Waals surface area contributed by atoms with Crippen molar-refractivity contribution >= 4 is 0 Å². The molecule has 1 aliphatic carbocycles. The summed E-state index contributed by atoms with van der Waals surface area (Å²) in [6.45, 7) is 7.69. The highest BCUT2D eigenvalue weighted by atomic mass is 16.5. The van der Waals surface area contributed by atoms with Crippen LogP contribution in [-0.4, -0.2) is 17.2 Å². The Hall–Kier alpha value is -0.900. The summed E-state index contributed by atoms with van der Waals surface area (Å²) in [4.78, 5) is 4.47. The molecule has 1 fully saturated rings. The first-order valence-corrected chi connectivity index (χ1v) is 6.97. The smallest absolute Gasteiger partial charge is 0.240 e. The molecule has 0 bridgehead atoms. The van der Waals surface area contributed by atoms with Gasteiger partial charge in [0, 0.05) is 5.92 Å². The molecule has 18 heavy (non-hydrogen) atoms. The maximum Gasteiger partial charge on any atom is 0.240 e. The molecular formula is C14H25N3O. The normalized spacial score (nSPS) is 25.3. The Bertz CT molecular complexity index is 373. The summed E-state index contributed by atoms with van der Waals surface area (Å²) < 4.78 is 5.23. The van der Waals surface area contributed by atoms with Gasteiger partial charge in [0.15, 0.2) is 5.82 Å². The highest BCUT2D eigenvalue weighted by Gasteiger charge is 2.31. The lowest BCUT2D eigenvalue weighted by Crippen LogP contribution is -2.25. The zero-order valence-corrected chi connectivity index (χ0v) is 12.0. The van der Waals surface area contributed by atoms with Gasteiger partial charge in [-0.1, -0.05) is 25.9 Å². The molecule has 0 unspecified atom stereocenters. The maximum absolute atomic E-state index is 5.23. The third-order valence-corrected chi connectivity index (χ3v) is 4.13. The summed E-state index contributed by atoms with van der Waals surface area (Å²) in [7, 11) is 1.89. The number of aromatic nitrogens is 2. The lowest BCUT2D eigenvalue weighted by molar-refractivity contribution is 0.166. The van der Waals surface area contributed by atoms with Gasteiger partial charge in [0.05, 0.1) is 6.54 Å². The minimum absolute atomic E-state index is 0.430. The van der Waals surface area contributed by atoms with Crippen molar-refractivity contribution in [1.29, 1.82) is 0 Å². The number of hydrogen-bond donors (Lipinski definition) is 1. The van der Waals surface area contributed by atoms with Gasteiger partial charge in [0.2, 0.25) is 5.89 Å². The predicted molar refractivity (Wildman–Crippen MR) is 71.2 cm³/mol. The zero-order chi connectivity index (χ0) is 13.2. The first-order chi connectivity index (χ1) is 8.50. The van der Waals surface area contributed by atoms with Gasteiger partial charge in [-0.15, -0.1) is 0 Å². The Balaban J connectivity index is 1.92. The van der Waals surface area contributed by atoms with E-state index in [2.05, 4.69) is 36.2 Å². The minimum atomic E-state index is 0.430. The summed E-state index contributed by atoms with van der Waals surface area (Å²) in [6, 6.07) is 0. The van der Waals surface area contributed by atoms with Crippen LogP contribution in [0.3, 0.4) is 0 Å². The SMILES string of the molecule is CNCc1nc(C2CCC(C(C)(C)C)CC2)no1. The number of nitrogens with one attached hydrogen (secondary N) is 1. The molecule has 0 radical (unpaired) electrons. The average molecular weight is 251 g/mol. The molecule has 1 aromatic heterocycles. The Kier molecular flexibility index (Phi) is 4.05. The van der Waals surface area contributed by atoms with E-state index in [0.717, 1.165) is 11.7 Å². The summed E-state index contributed by atoms with van der Waals surface area (Å²) in [5, 5.41) is 7.15. The molecular weight excluding hydrogens is 226 g/mol. The molecule has 0 spiro atoms. The Labute approximate surface area is 110 Å². The third-order valence-electron chi connectivity index (χ3n) is 4.13. The lowest BCUT2D eigenvalue weighted by Gasteiger charge is -2.36. The Morgan fingerprint density at radius 1 is 1.22 bits per heavy atom. The molecule has 1 heterocycles. The molecule has 0 amide bonds. The summed E-state index contributed by atoms with van der Waals surface area (Å²) >= 11 is 0. The van der Waals surface area contributed by atoms with Crippen molar-refractivity contribution in [3.8, 4) is 0 Å². The van der Waals surface area contributed by atoms with Crippen LogP contribution in [0, 0.1) is 11.3 Å². The van der Waals surface area contributed by atoms with Crippen LogP contribution in [0.5, 0.6) is 0 Å². The molecule has 0 aromatic carbocycles. The molecule has 1 saturated carbocycles. The van der Waals surface area contributed by atoms with E-state index in [-0.39, 0.29) is 0 Å². The van der Waals surface area contributed by atoms with Crippen LogP contribution in [0.2, 0.25) is 0 Å². The van der Waals surface area contributed by atoms with Crippen LogP contribution in [0.25, 0.3) is 0 Å². The van der Waals surface area contributed by atoms with Crippen molar-refractivity contribution in [3.63, 3.8) is 0 Å². The van der Waals surface area contributed by atoms with Gasteiger partial charge in [0.1, 0.15) is 0 Å². The van der Waals surface area contributed by atoms with Crippen molar-refractivity contribution in [2.75, 3.05) is 7.05 Å². The van der Waals surface area contributed by atoms with Gasteiger partial charge < -0.3 is 9.84 Å². The summed E-state index contributed by atoms with van der Waals surface area (Å²) in [5.41, 5.74) is 0.430. The molecule has 0 saturated heterocycles. The van der Waals surface area contributed by atoms with Gasteiger partial charge in [-0.3, -0.25) is 0 Å². The predicted octanol–water partition coefficient (Wildman–Crippen LogP) is 3.11. The average Bonchev–Trinajstić information content (AvgIpc) is 2.77. The number of rotatable bonds is 3. The van der Waals surface area contributed by atoms with E-state index in [9.17, 15) is 0 Å². The van der Waals surface area contributed by atoms with E-state index >= 15 is 0 Å². The number of hydrogen-bond acceptors (Lipinski definition) is 4. The molecule has 4 heteroatoms. The van der Waals surface area contributed by atoms with Gasteiger partial charge in [0.25, 0.3) is 0 Å². The fourth-order valence-corrected chi connectivity index (χ4v) is 2.87. The third kappa shape index (κ3) is 3.10. The molecule has 0 atom stereocenters. The van der Waals surface area contributed by atoms with Crippen LogP contribution < -0.4 is 5.32 Å². The fourth-order valence-electron chi connectivity index (χ4n) is 2.87. The van der Waals surface area contributed by atoms with E-state index in [0.29, 0.717) is 23.8 Å². The van der Waals surface area contributed by atoms with Gasteiger partial charge in [-0.25, -0.2) is 0 Å². The second-order valence-corrected chi connectivity index (χ2v) is 6.49. The van der Waals surface area contributed by atoms with E-state index in [4.69, 9.17) is 4.52 Å². The second kappa shape index (κ2) is 5.39. The van der Waals surface area contributed by atoms with Crippen molar-refractivity contribution in [2.24, 2.45) is 11.3 Å². The van der Waals surface area contributed by atoms with Crippen LogP contribution in [-0.2, 0) is 6.54 Å². The van der Waals surface area contributed by atoms with Gasteiger partial charge in [-0.2, -0.15) is 4.98 Å². The van der Waals surface area contributed by atoms with Crippen LogP contribution in [0.4, 0.5) is 0 Å². The first kappa shape index (κ1) is 13.5. The topological polar surface area (TPSA) is 51.0 Å². The van der Waals surface area contributed by atoms with Crippen molar-refractivity contribution in [2.45, 2.75) is 58.9 Å². The lowest BCUT2D eigenvalue weighted by atomic mass is 9.70. The Morgan fingerprint density at radius 3 is 2.44 bits per heavy atom. The standard InChI is InChI=1S/C14H25N3O/c1-14(2,3)11-7-5-10(6-8-11)13-16-12(9-15-4)18-17-13/h10-11,15H,5-9H2,1-4H3. The van der Waals surface area contributed by atoms with Crippen LogP contribution in [0.1, 0.15) is 64.1 Å². The first-order valence-electron chi connectivity index (χ1n) is 6.97. The minimum Gasteiger partial charge on any atom is -0.338 e. The summed E-state index contributed by atoms with van der Waals surface area (Å²) in [6.07, 6.45) is 4.95. The quantitative estimate of drug-likeness (QED) is 0.896. The van der Waals surface area contributed by atoms with E-state index in [1.165, 1.54) is 25.7 Å². The molecule has 102 valence electrons. The van der Waals surface area contributed by atoms with E-state index in [1.807, 2.05) is 7.05 Å². The monoisotopic (exact) mass is 251 g/mol. The highest BCUT2D eigenvalue weighted by Crippen LogP contribution is 2.42. The van der Waals surface area contributed by atoms with Crippen molar-refractivity contribution in [3.05, 3.63) is 11.7 Å². The van der Waals surface area contributed by atoms with Crippen LogP contribution >= 0.6 is 0 Å². The zero-order valence-electron chi connectivity index (χ0n) is 12.0. The maximum atomic E-state index is 5.23. The molecule has 2 rings (SSSR count). The molecule has 4 nitrogen and oxygen atoms in total. The Morgan fingerprint density at radius 2 is 1.89 bits per heavy atom. The highest BCUT2D eigenvalue weighted by molar-refractivity contribution is 4.98. The van der Waals surface area contributed by atoms with Crippen molar-refractivity contribution < 1.29 is 4.52 Å². The van der Waals surface area contributed by atoms with Crippen molar-refractivity contribution in [1.82, 2.24) is 15.5 Å². The number of nitrogens with zero attached hydrogens (tertiary/aromatic N) is 2. The van der Waals surface area contributed by atoms with Gasteiger partial charge >= 0.3 is 0 Å². The molecule has 1 N–H and O–H groups in total. The summed E-state index contributed by atoms with van der Waals surface area (Å²) in [5.74, 6) is 2.94.